The van der Waals surface area contributed by atoms with Crippen LogP contribution in [0.2, 0.25) is 0 Å². The SMILES string of the molecule is COc1ccc(CCOc2cccc(-c3cccc(NC(=O)CC#N)c3)n2)cc1OC. The van der Waals surface area contributed by atoms with Gasteiger partial charge in [-0.05, 0) is 35.9 Å². The molecule has 0 aliphatic heterocycles. The van der Waals surface area contributed by atoms with Crippen LogP contribution in [0, 0.1) is 11.3 Å². The van der Waals surface area contributed by atoms with Gasteiger partial charge in [0.2, 0.25) is 11.8 Å². The van der Waals surface area contributed by atoms with Crippen LogP contribution in [-0.4, -0.2) is 31.7 Å². The van der Waals surface area contributed by atoms with Crippen molar-refractivity contribution in [2.75, 3.05) is 26.1 Å². The summed E-state index contributed by atoms with van der Waals surface area (Å²) in [5.74, 6) is 1.53. The van der Waals surface area contributed by atoms with Gasteiger partial charge in [0.1, 0.15) is 6.42 Å². The minimum absolute atomic E-state index is 0.189. The monoisotopic (exact) mass is 417 g/mol. The molecule has 0 bridgehead atoms. The molecule has 31 heavy (non-hydrogen) atoms. The van der Waals surface area contributed by atoms with E-state index in [2.05, 4.69) is 10.3 Å². The highest BCUT2D eigenvalue weighted by atomic mass is 16.5. The van der Waals surface area contributed by atoms with Crippen molar-refractivity contribution in [1.82, 2.24) is 4.98 Å². The number of hydrogen-bond donors (Lipinski definition) is 1. The molecule has 7 nitrogen and oxygen atoms in total. The standard InChI is InChI=1S/C24H23N3O4/c1-29-21-10-9-17(15-22(21)30-2)12-14-31-24-8-4-7-20(27-24)18-5-3-6-19(16-18)26-23(28)11-13-25/h3-10,15-16H,11-12,14H2,1-2H3,(H,26,28). The Balaban J connectivity index is 1.64. The molecule has 3 rings (SSSR count). The number of hydrogen-bond acceptors (Lipinski definition) is 6. The highest BCUT2D eigenvalue weighted by Gasteiger charge is 2.07. The third-order valence-corrected chi connectivity index (χ3v) is 4.49. The highest BCUT2D eigenvalue weighted by molar-refractivity contribution is 5.92. The Labute approximate surface area is 181 Å². The van der Waals surface area contributed by atoms with Gasteiger partial charge < -0.3 is 19.5 Å². The number of ether oxygens (including phenoxy) is 3. The zero-order chi connectivity index (χ0) is 22.1. The van der Waals surface area contributed by atoms with Crippen LogP contribution in [0.5, 0.6) is 17.4 Å². The lowest BCUT2D eigenvalue weighted by Crippen LogP contribution is -2.10. The first-order valence-electron chi connectivity index (χ1n) is 9.71. The Kier molecular flexibility index (Phi) is 7.44. The molecule has 0 saturated carbocycles. The molecule has 0 aliphatic carbocycles. The third-order valence-electron chi connectivity index (χ3n) is 4.49. The molecule has 0 radical (unpaired) electrons. The molecule has 0 unspecified atom stereocenters. The molecule has 3 aromatic rings. The number of anilines is 1. The average Bonchev–Trinajstić information content (AvgIpc) is 2.79. The van der Waals surface area contributed by atoms with E-state index in [4.69, 9.17) is 19.5 Å². The normalized spacial score (nSPS) is 10.1. The number of amides is 1. The van der Waals surface area contributed by atoms with Gasteiger partial charge in [-0.15, -0.1) is 0 Å². The molecule has 0 saturated heterocycles. The minimum atomic E-state index is -0.347. The molecule has 7 heteroatoms. The molecule has 2 aromatic carbocycles. The summed E-state index contributed by atoms with van der Waals surface area (Å²) in [6, 6.07) is 20.4. The molecule has 1 aromatic heterocycles. The summed E-state index contributed by atoms with van der Waals surface area (Å²) >= 11 is 0. The number of carbonyl (C=O) groups is 1. The predicted molar refractivity (Wildman–Crippen MR) is 117 cm³/mol. The maximum absolute atomic E-state index is 11.6. The number of methoxy groups -OCH3 is 2. The van der Waals surface area contributed by atoms with Gasteiger partial charge in [0, 0.05) is 23.7 Å². The number of pyridine rings is 1. The molecule has 0 fully saturated rings. The molecule has 1 N–H and O–H groups in total. The Morgan fingerprint density at radius 3 is 2.61 bits per heavy atom. The van der Waals surface area contributed by atoms with Crippen molar-refractivity contribution in [3.63, 3.8) is 0 Å². The van der Waals surface area contributed by atoms with Gasteiger partial charge in [0.25, 0.3) is 0 Å². The molecule has 0 aliphatic rings. The summed E-state index contributed by atoms with van der Waals surface area (Å²) in [5, 5.41) is 11.3. The fraction of sp³-hybridized carbons (Fsp3) is 0.208. The maximum Gasteiger partial charge on any atom is 0.238 e. The Bertz CT molecular complexity index is 1090. The molecular formula is C24H23N3O4. The van der Waals surface area contributed by atoms with E-state index in [1.54, 1.807) is 26.4 Å². The van der Waals surface area contributed by atoms with E-state index >= 15 is 0 Å². The van der Waals surface area contributed by atoms with Crippen LogP contribution in [0.1, 0.15) is 12.0 Å². The van der Waals surface area contributed by atoms with Crippen molar-refractivity contribution in [2.24, 2.45) is 0 Å². The number of carbonyl (C=O) groups excluding carboxylic acids is 1. The second-order valence-corrected chi connectivity index (χ2v) is 6.61. The predicted octanol–water partition coefficient (Wildman–Crippen LogP) is 4.24. The Morgan fingerprint density at radius 1 is 1.03 bits per heavy atom. The lowest BCUT2D eigenvalue weighted by Gasteiger charge is -2.11. The smallest absolute Gasteiger partial charge is 0.238 e. The van der Waals surface area contributed by atoms with Crippen molar-refractivity contribution < 1.29 is 19.0 Å². The molecule has 0 atom stereocenters. The second kappa shape index (κ2) is 10.6. The van der Waals surface area contributed by atoms with Gasteiger partial charge in [-0.25, -0.2) is 4.98 Å². The van der Waals surface area contributed by atoms with Gasteiger partial charge in [0.05, 0.1) is 32.6 Å². The lowest BCUT2D eigenvalue weighted by molar-refractivity contribution is -0.115. The lowest BCUT2D eigenvalue weighted by atomic mass is 10.1. The number of nitrogens with one attached hydrogen (secondary N) is 1. The first kappa shape index (κ1) is 21.7. The summed E-state index contributed by atoms with van der Waals surface area (Å²) in [5.41, 5.74) is 3.23. The number of aromatic nitrogens is 1. The second-order valence-electron chi connectivity index (χ2n) is 6.61. The zero-order valence-corrected chi connectivity index (χ0v) is 17.4. The van der Waals surface area contributed by atoms with Crippen molar-refractivity contribution >= 4 is 11.6 Å². The van der Waals surface area contributed by atoms with Gasteiger partial charge in [-0.3, -0.25) is 4.79 Å². The van der Waals surface area contributed by atoms with Crippen LogP contribution >= 0.6 is 0 Å². The van der Waals surface area contributed by atoms with Crippen LogP contribution in [0.3, 0.4) is 0 Å². The van der Waals surface area contributed by atoms with Crippen LogP contribution < -0.4 is 19.5 Å². The van der Waals surface area contributed by atoms with E-state index in [9.17, 15) is 4.79 Å². The van der Waals surface area contributed by atoms with E-state index in [-0.39, 0.29) is 12.3 Å². The number of benzene rings is 2. The summed E-state index contributed by atoms with van der Waals surface area (Å²) in [4.78, 5) is 16.2. The van der Waals surface area contributed by atoms with E-state index in [0.717, 1.165) is 16.8 Å². The fourth-order valence-electron chi connectivity index (χ4n) is 3.00. The minimum Gasteiger partial charge on any atom is -0.493 e. The fourth-order valence-corrected chi connectivity index (χ4v) is 3.00. The van der Waals surface area contributed by atoms with Gasteiger partial charge in [-0.1, -0.05) is 24.3 Å². The third kappa shape index (κ3) is 5.97. The molecule has 0 spiro atoms. The van der Waals surface area contributed by atoms with Crippen molar-refractivity contribution in [3.05, 3.63) is 66.2 Å². The average molecular weight is 417 g/mol. The molecular weight excluding hydrogens is 394 g/mol. The van der Waals surface area contributed by atoms with Crippen LogP contribution in [0.15, 0.2) is 60.7 Å². The van der Waals surface area contributed by atoms with Gasteiger partial charge in [0.15, 0.2) is 11.5 Å². The largest absolute Gasteiger partial charge is 0.493 e. The Morgan fingerprint density at radius 2 is 1.84 bits per heavy atom. The zero-order valence-electron chi connectivity index (χ0n) is 17.4. The van der Waals surface area contributed by atoms with E-state index in [0.29, 0.717) is 36.1 Å². The van der Waals surface area contributed by atoms with Crippen molar-refractivity contribution in [1.29, 1.82) is 5.26 Å². The quantitative estimate of drug-likeness (QED) is 0.560. The van der Waals surface area contributed by atoms with Gasteiger partial charge in [-0.2, -0.15) is 5.26 Å². The first-order valence-corrected chi connectivity index (χ1v) is 9.71. The summed E-state index contributed by atoms with van der Waals surface area (Å²) < 4.78 is 16.4. The maximum atomic E-state index is 11.6. The number of rotatable bonds is 9. The van der Waals surface area contributed by atoms with Crippen LogP contribution in [-0.2, 0) is 11.2 Å². The molecule has 1 amide bonds. The summed E-state index contributed by atoms with van der Waals surface area (Å²) in [6.45, 7) is 0.455. The van der Waals surface area contributed by atoms with E-state index < -0.39 is 0 Å². The van der Waals surface area contributed by atoms with Crippen LogP contribution in [0.25, 0.3) is 11.3 Å². The summed E-state index contributed by atoms with van der Waals surface area (Å²) in [7, 11) is 3.22. The van der Waals surface area contributed by atoms with E-state index in [1.165, 1.54) is 0 Å². The van der Waals surface area contributed by atoms with Crippen molar-refractivity contribution in [2.45, 2.75) is 12.8 Å². The topological polar surface area (TPSA) is 93.5 Å². The molecule has 158 valence electrons. The van der Waals surface area contributed by atoms with Crippen molar-refractivity contribution in [3.8, 4) is 34.7 Å². The first-order chi connectivity index (χ1) is 15.1. The highest BCUT2D eigenvalue weighted by Crippen LogP contribution is 2.28. The Hall–Kier alpha value is -4.05. The van der Waals surface area contributed by atoms with E-state index in [1.807, 2.05) is 54.6 Å². The number of nitriles is 1. The van der Waals surface area contributed by atoms with Gasteiger partial charge >= 0.3 is 0 Å². The van der Waals surface area contributed by atoms with Crippen LogP contribution in [0.4, 0.5) is 5.69 Å². The molecule has 1 heterocycles. The summed E-state index contributed by atoms with van der Waals surface area (Å²) in [6.07, 6.45) is 0.499. The number of nitrogens with zero attached hydrogens (tertiary/aromatic N) is 2.